The van der Waals surface area contributed by atoms with E-state index in [-0.39, 0.29) is 12.5 Å². The third-order valence-electron chi connectivity index (χ3n) is 3.45. The molecule has 1 aromatic rings. The molecule has 1 aliphatic rings. The molecular formula is C14H17BrN2O3. The number of aliphatic hydroxyl groups is 1. The lowest BCUT2D eigenvalue weighted by Gasteiger charge is -2.34. The van der Waals surface area contributed by atoms with Crippen LogP contribution in [0, 0.1) is 6.92 Å². The molecule has 2 rings (SSSR count). The van der Waals surface area contributed by atoms with Crippen LogP contribution in [-0.2, 0) is 9.59 Å². The van der Waals surface area contributed by atoms with Crippen molar-refractivity contribution >= 4 is 33.4 Å². The van der Waals surface area contributed by atoms with E-state index in [1.54, 1.807) is 6.07 Å². The van der Waals surface area contributed by atoms with Crippen molar-refractivity contribution < 1.29 is 14.7 Å². The molecule has 5 nitrogen and oxygen atoms in total. The van der Waals surface area contributed by atoms with Crippen LogP contribution in [0.2, 0.25) is 0 Å². The Morgan fingerprint density at radius 1 is 1.40 bits per heavy atom. The van der Waals surface area contributed by atoms with Gasteiger partial charge in [-0.05, 0) is 49.9 Å². The molecule has 0 atom stereocenters. The molecule has 0 heterocycles. The third-order valence-corrected chi connectivity index (χ3v) is 4.34. The summed E-state index contributed by atoms with van der Waals surface area (Å²) in [7, 11) is 0. The van der Waals surface area contributed by atoms with Crippen LogP contribution < -0.4 is 10.6 Å². The number of rotatable bonds is 4. The Morgan fingerprint density at radius 3 is 2.65 bits per heavy atom. The monoisotopic (exact) mass is 340 g/mol. The van der Waals surface area contributed by atoms with Gasteiger partial charge in [-0.25, -0.2) is 0 Å². The second-order valence-corrected chi connectivity index (χ2v) is 5.93. The van der Waals surface area contributed by atoms with Crippen molar-refractivity contribution in [3.8, 4) is 0 Å². The van der Waals surface area contributed by atoms with Crippen molar-refractivity contribution in [2.45, 2.75) is 31.8 Å². The maximum absolute atomic E-state index is 11.7. The Hall–Kier alpha value is -1.40. The SMILES string of the molecule is Cc1cc(NC(=O)CNC(=O)C2(O)CCC2)ccc1Br. The van der Waals surface area contributed by atoms with E-state index in [2.05, 4.69) is 26.6 Å². The molecule has 1 saturated carbocycles. The zero-order valence-electron chi connectivity index (χ0n) is 11.2. The average molecular weight is 341 g/mol. The fraction of sp³-hybridized carbons (Fsp3) is 0.429. The molecule has 0 unspecified atom stereocenters. The number of nitrogens with one attached hydrogen (secondary N) is 2. The van der Waals surface area contributed by atoms with Crippen LogP contribution in [0.3, 0.4) is 0 Å². The van der Waals surface area contributed by atoms with Gasteiger partial charge in [0.2, 0.25) is 5.91 Å². The van der Waals surface area contributed by atoms with E-state index in [9.17, 15) is 14.7 Å². The molecule has 0 spiro atoms. The standard InChI is InChI=1S/C14H17BrN2O3/c1-9-7-10(3-4-11(9)15)17-12(18)8-16-13(19)14(20)5-2-6-14/h3-4,7,20H,2,5-6,8H2,1H3,(H,16,19)(H,17,18). The molecule has 3 N–H and O–H groups in total. The first-order valence-electron chi connectivity index (χ1n) is 6.47. The van der Waals surface area contributed by atoms with E-state index in [1.165, 1.54) is 0 Å². The van der Waals surface area contributed by atoms with E-state index in [4.69, 9.17) is 0 Å². The minimum absolute atomic E-state index is 0.143. The summed E-state index contributed by atoms with van der Waals surface area (Å²) >= 11 is 3.38. The van der Waals surface area contributed by atoms with Crippen LogP contribution in [0.5, 0.6) is 0 Å². The first kappa shape index (κ1) is 15.0. The van der Waals surface area contributed by atoms with Crippen molar-refractivity contribution in [3.63, 3.8) is 0 Å². The van der Waals surface area contributed by atoms with Gasteiger partial charge in [0, 0.05) is 10.2 Å². The Morgan fingerprint density at radius 2 is 2.10 bits per heavy atom. The van der Waals surface area contributed by atoms with E-state index < -0.39 is 11.5 Å². The Kier molecular flexibility index (Phi) is 4.45. The molecule has 2 amide bonds. The van der Waals surface area contributed by atoms with Crippen molar-refractivity contribution in [1.82, 2.24) is 5.32 Å². The highest BCUT2D eigenvalue weighted by Crippen LogP contribution is 2.31. The molecule has 0 radical (unpaired) electrons. The van der Waals surface area contributed by atoms with Gasteiger partial charge < -0.3 is 15.7 Å². The molecule has 108 valence electrons. The molecule has 0 aliphatic heterocycles. The van der Waals surface area contributed by atoms with Gasteiger partial charge >= 0.3 is 0 Å². The largest absolute Gasteiger partial charge is 0.380 e. The Labute approximate surface area is 125 Å². The summed E-state index contributed by atoms with van der Waals surface area (Å²) in [4.78, 5) is 23.4. The summed E-state index contributed by atoms with van der Waals surface area (Å²) in [5.74, 6) is -0.783. The Bertz CT molecular complexity index is 541. The van der Waals surface area contributed by atoms with Crippen molar-refractivity contribution in [3.05, 3.63) is 28.2 Å². The molecule has 1 fully saturated rings. The fourth-order valence-corrected chi connectivity index (χ4v) is 2.24. The highest BCUT2D eigenvalue weighted by Gasteiger charge is 2.41. The highest BCUT2D eigenvalue weighted by molar-refractivity contribution is 9.10. The number of halogens is 1. The molecule has 1 aliphatic carbocycles. The molecule has 0 aromatic heterocycles. The number of anilines is 1. The smallest absolute Gasteiger partial charge is 0.252 e. The van der Waals surface area contributed by atoms with E-state index in [0.29, 0.717) is 18.5 Å². The molecule has 6 heteroatoms. The lowest BCUT2D eigenvalue weighted by Crippen LogP contribution is -2.52. The summed E-state index contributed by atoms with van der Waals surface area (Å²) in [5, 5.41) is 15.0. The number of carbonyl (C=O) groups is 2. The molecule has 0 saturated heterocycles. The average Bonchev–Trinajstić information content (AvgIpc) is 2.37. The maximum Gasteiger partial charge on any atom is 0.252 e. The number of benzene rings is 1. The van der Waals surface area contributed by atoms with E-state index in [0.717, 1.165) is 16.5 Å². The minimum Gasteiger partial charge on any atom is -0.380 e. The van der Waals surface area contributed by atoms with Gasteiger partial charge in [0.25, 0.3) is 5.91 Å². The maximum atomic E-state index is 11.7. The van der Waals surface area contributed by atoms with Crippen LogP contribution >= 0.6 is 15.9 Å². The third kappa shape index (κ3) is 3.37. The van der Waals surface area contributed by atoms with Crippen LogP contribution in [0.15, 0.2) is 22.7 Å². The van der Waals surface area contributed by atoms with Gasteiger partial charge in [0.05, 0.1) is 6.54 Å². The summed E-state index contributed by atoms with van der Waals surface area (Å²) in [6.45, 7) is 1.78. The normalized spacial score (nSPS) is 16.1. The number of carbonyl (C=O) groups excluding carboxylic acids is 2. The zero-order valence-corrected chi connectivity index (χ0v) is 12.8. The second-order valence-electron chi connectivity index (χ2n) is 5.08. The lowest BCUT2D eigenvalue weighted by molar-refractivity contribution is -0.149. The van der Waals surface area contributed by atoms with E-state index in [1.807, 2.05) is 19.1 Å². The summed E-state index contributed by atoms with van der Waals surface area (Å²) in [6.07, 6.45) is 1.77. The first-order chi connectivity index (χ1) is 9.40. The second kappa shape index (κ2) is 5.93. The van der Waals surface area contributed by atoms with Gasteiger partial charge in [-0.2, -0.15) is 0 Å². The van der Waals surface area contributed by atoms with Gasteiger partial charge in [0.15, 0.2) is 0 Å². The van der Waals surface area contributed by atoms with E-state index >= 15 is 0 Å². The van der Waals surface area contributed by atoms with Gasteiger partial charge in [0.1, 0.15) is 5.60 Å². The molecule has 0 bridgehead atoms. The minimum atomic E-state index is -1.27. The summed E-state index contributed by atoms with van der Waals surface area (Å²) < 4.78 is 0.969. The fourth-order valence-electron chi connectivity index (χ4n) is 1.99. The lowest BCUT2D eigenvalue weighted by atomic mass is 9.79. The van der Waals surface area contributed by atoms with Gasteiger partial charge in [-0.3, -0.25) is 9.59 Å². The topological polar surface area (TPSA) is 78.4 Å². The molecule has 20 heavy (non-hydrogen) atoms. The quantitative estimate of drug-likeness (QED) is 0.780. The number of amides is 2. The van der Waals surface area contributed by atoms with Crippen LogP contribution in [0.1, 0.15) is 24.8 Å². The summed E-state index contributed by atoms with van der Waals surface area (Å²) in [6, 6.07) is 5.46. The van der Waals surface area contributed by atoms with Gasteiger partial charge in [-0.1, -0.05) is 15.9 Å². The number of hydrogen-bond acceptors (Lipinski definition) is 3. The zero-order chi connectivity index (χ0) is 14.8. The van der Waals surface area contributed by atoms with Gasteiger partial charge in [-0.15, -0.1) is 0 Å². The predicted octanol–water partition coefficient (Wildman–Crippen LogP) is 1.73. The molecule has 1 aromatic carbocycles. The van der Waals surface area contributed by atoms with Crippen LogP contribution in [0.4, 0.5) is 5.69 Å². The van der Waals surface area contributed by atoms with Crippen molar-refractivity contribution in [2.24, 2.45) is 0 Å². The highest BCUT2D eigenvalue weighted by atomic mass is 79.9. The molecular weight excluding hydrogens is 324 g/mol. The number of hydrogen-bond donors (Lipinski definition) is 3. The van der Waals surface area contributed by atoms with Crippen LogP contribution in [-0.4, -0.2) is 29.1 Å². The summed E-state index contributed by atoms with van der Waals surface area (Å²) in [5.41, 5.74) is 0.414. The predicted molar refractivity (Wildman–Crippen MR) is 79.3 cm³/mol. The first-order valence-corrected chi connectivity index (χ1v) is 7.27. The van der Waals surface area contributed by atoms with Crippen LogP contribution in [0.25, 0.3) is 0 Å². The van der Waals surface area contributed by atoms with Crippen molar-refractivity contribution in [2.75, 3.05) is 11.9 Å². The van der Waals surface area contributed by atoms with Crippen molar-refractivity contribution in [1.29, 1.82) is 0 Å². The Balaban J connectivity index is 1.83. The number of aryl methyl sites for hydroxylation is 1.